The van der Waals surface area contributed by atoms with Crippen molar-refractivity contribution in [2.75, 3.05) is 79.7 Å². The molecular formula is C38H54N6O8. The van der Waals surface area contributed by atoms with Crippen molar-refractivity contribution in [1.82, 2.24) is 15.1 Å². The number of methoxy groups -OCH3 is 5. The van der Waals surface area contributed by atoms with Crippen molar-refractivity contribution in [3.63, 3.8) is 0 Å². The molecule has 284 valence electrons. The van der Waals surface area contributed by atoms with Crippen LogP contribution in [0.1, 0.15) is 50.7 Å². The van der Waals surface area contributed by atoms with Crippen LogP contribution in [-0.4, -0.2) is 114 Å². The quantitative estimate of drug-likeness (QED) is 0.230. The lowest BCUT2D eigenvalue weighted by molar-refractivity contribution is -0.146. The van der Waals surface area contributed by atoms with Crippen LogP contribution in [0.5, 0.6) is 34.5 Å². The molecule has 5 rings (SSSR count). The van der Waals surface area contributed by atoms with E-state index in [2.05, 4.69) is 10.2 Å². The molecule has 0 bridgehead atoms. The summed E-state index contributed by atoms with van der Waals surface area (Å²) in [7, 11) is 7.71. The molecule has 1 saturated carbocycles. The van der Waals surface area contributed by atoms with Crippen LogP contribution in [0.4, 0.5) is 5.69 Å². The summed E-state index contributed by atoms with van der Waals surface area (Å²) in [6, 6.07) is 5.83. The number of carbonyl (C=O) groups is 2. The van der Waals surface area contributed by atoms with E-state index >= 15 is 0 Å². The third-order valence-electron chi connectivity index (χ3n) is 10.0. The van der Waals surface area contributed by atoms with E-state index in [9.17, 15) is 9.59 Å². The molecule has 0 radical (unpaired) electrons. The SMILES string of the molecule is COc1cc(/C(C=N)=C/N)ccc1CN(C(=O)[C@@H]1CCCN(c2c(OC)c(OC)c(OC)c(OC(C)(C)C(=O)N3CCNCC3)c2OC)C1)C1CC1. The van der Waals surface area contributed by atoms with Crippen molar-refractivity contribution in [3.8, 4) is 34.5 Å². The number of benzene rings is 2. The summed E-state index contributed by atoms with van der Waals surface area (Å²) in [6.45, 7) is 7.46. The fourth-order valence-corrected chi connectivity index (χ4v) is 7.16. The van der Waals surface area contributed by atoms with Gasteiger partial charge in [-0.05, 0) is 51.2 Å². The number of nitrogens with one attached hydrogen (secondary N) is 2. The normalized spacial score (nSPS) is 18.0. The van der Waals surface area contributed by atoms with Crippen molar-refractivity contribution in [2.45, 2.75) is 57.7 Å². The summed E-state index contributed by atoms with van der Waals surface area (Å²) in [6.07, 6.45) is 5.94. The van der Waals surface area contributed by atoms with Gasteiger partial charge in [0.05, 0.1) is 41.5 Å². The maximum absolute atomic E-state index is 14.5. The average molecular weight is 723 g/mol. The Bertz CT molecular complexity index is 1650. The molecule has 2 aromatic carbocycles. The minimum Gasteiger partial charge on any atom is -0.496 e. The summed E-state index contributed by atoms with van der Waals surface area (Å²) in [5.74, 6) is 1.67. The van der Waals surface area contributed by atoms with E-state index in [-0.39, 0.29) is 35.3 Å². The number of anilines is 1. The van der Waals surface area contributed by atoms with Gasteiger partial charge in [-0.1, -0.05) is 12.1 Å². The average Bonchev–Trinajstić information content (AvgIpc) is 4.02. The molecule has 14 nitrogen and oxygen atoms in total. The number of hydrogen-bond acceptors (Lipinski definition) is 12. The molecule has 0 spiro atoms. The van der Waals surface area contributed by atoms with Gasteiger partial charge in [-0.25, -0.2) is 0 Å². The Hall–Kier alpha value is -4.85. The zero-order valence-corrected chi connectivity index (χ0v) is 31.5. The standard InChI is InChI=1S/C38H54N6O8/c1-38(2,37(46)42-17-14-41-15-18-42)52-35-32(49-5)30(31(48-4)33(50-6)34(35)51-7)43-16-8-9-26(22-43)36(45)44(28-12-13-28)23-25-11-10-24(19-29(25)47-3)27(20-39)21-40/h10-11,19-21,26,28,39,41H,8-9,12-18,22-23,40H2,1-7H3/b27-21+,39-20?/t26-/m1/s1. The fourth-order valence-electron chi connectivity index (χ4n) is 7.16. The van der Waals surface area contributed by atoms with E-state index in [0.29, 0.717) is 86.5 Å². The Balaban J connectivity index is 1.47. The Morgan fingerprint density at radius 3 is 2.13 bits per heavy atom. The van der Waals surface area contributed by atoms with Crippen molar-refractivity contribution >= 4 is 29.3 Å². The van der Waals surface area contributed by atoms with Crippen LogP contribution < -0.4 is 44.4 Å². The lowest BCUT2D eigenvalue weighted by atomic mass is 9.95. The van der Waals surface area contributed by atoms with Gasteiger partial charge in [0.15, 0.2) is 17.1 Å². The Morgan fingerprint density at radius 2 is 1.56 bits per heavy atom. The minimum absolute atomic E-state index is 0.0676. The Labute approximate surface area is 306 Å². The van der Waals surface area contributed by atoms with E-state index in [4.69, 9.17) is 39.6 Å². The van der Waals surface area contributed by atoms with Gasteiger partial charge in [0.1, 0.15) is 11.4 Å². The zero-order valence-electron chi connectivity index (χ0n) is 31.5. The number of amides is 2. The predicted octanol–water partition coefficient (Wildman–Crippen LogP) is 3.68. The zero-order chi connectivity index (χ0) is 37.6. The van der Waals surface area contributed by atoms with Crippen LogP contribution in [0.15, 0.2) is 24.4 Å². The number of carbonyl (C=O) groups excluding carboxylic acids is 2. The third-order valence-corrected chi connectivity index (χ3v) is 10.0. The van der Waals surface area contributed by atoms with Gasteiger partial charge in [-0.3, -0.25) is 9.59 Å². The number of nitrogens with two attached hydrogens (primary N) is 1. The summed E-state index contributed by atoms with van der Waals surface area (Å²) >= 11 is 0. The van der Waals surface area contributed by atoms with E-state index < -0.39 is 5.60 Å². The lowest BCUT2D eigenvalue weighted by Gasteiger charge is -2.39. The fraction of sp³-hybridized carbons (Fsp3) is 0.553. The highest BCUT2D eigenvalue weighted by atomic mass is 16.6. The van der Waals surface area contributed by atoms with Gasteiger partial charge < -0.3 is 59.6 Å². The first-order chi connectivity index (χ1) is 25.1. The molecule has 4 N–H and O–H groups in total. The molecule has 0 unspecified atom stereocenters. The van der Waals surface area contributed by atoms with E-state index in [1.165, 1.54) is 33.7 Å². The molecular weight excluding hydrogens is 668 g/mol. The first kappa shape index (κ1) is 38.4. The summed E-state index contributed by atoms with van der Waals surface area (Å²) in [5.41, 5.74) is 7.23. The van der Waals surface area contributed by atoms with Crippen molar-refractivity contribution < 1.29 is 38.0 Å². The highest BCUT2D eigenvalue weighted by Gasteiger charge is 2.42. The van der Waals surface area contributed by atoms with Crippen LogP contribution in [0.2, 0.25) is 0 Å². The smallest absolute Gasteiger partial charge is 0.266 e. The van der Waals surface area contributed by atoms with Gasteiger partial charge in [-0.2, -0.15) is 0 Å². The molecule has 2 saturated heterocycles. The van der Waals surface area contributed by atoms with Crippen LogP contribution in [0.3, 0.4) is 0 Å². The van der Waals surface area contributed by atoms with Gasteiger partial charge in [-0.15, -0.1) is 0 Å². The summed E-state index contributed by atoms with van der Waals surface area (Å²) < 4.78 is 36.1. The highest BCUT2D eigenvalue weighted by Crippen LogP contribution is 2.58. The third kappa shape index (κ3) is 7.81. The number of allylic oxidation sites excluding steroid dienone is 1. The second-order valence-corrected chi connectivity index (χ2v) is 13.7. The maximum Gasteiger partial charge on any atom is 0.266 e. The van der Waals surface area contributed by atoms with Crippen LogP contribution in [0.25, 0.3) is 5.57 Å². The lowest BCUT2D eigenvalue weighted by Crippen LogP contribution is -2.54. The molecule has 0 aromatic heterocycles. The molecule has 14 heteroatoms. The van der Waals surface area contributed by atoms with Gasteiger partial charge in [0.25, 0.3) is 5.91 Å². The minimum atomic E-state index is -1.28. The topological polar surface area (TPSA) is 161 Å². The maximum atomic E-state index is 14.5. The Morgan fingerprint density at radius 1 is 0.923 bits per heavy atom. The molecule has 2 aromatic rings. The molecule has 2 heterocycles. The van der Waals surface area contributed by atoms with Crippen molar-refractivity contribution in [3.05, 3.63) is 35.5 Å². The van der Waals surface area contributed by atoms with Crippen LogP contribution in [0, 0.1) is 11.3 Å². The molecule has 2 aliphatic heterocycles. The first-order valence-corrected chi connectivity index (χ1v) is 17.8. The van der Waals surface area contributed by atoms with Crippen LogP contribution >= 0.6 is 0 Å². The second kappa shape index (κ2) is 16.7. The Kier molecular flexibility index (Phi) is 12.3. The van der Waals surface area contributed by atoms with E-state index in [1.54, 1.807) is 33.0 Å². The monoisotopic (exact) mass is 722 g/mol. The number of nitrogens with zero attached hydrogens (tertiary/aromatic N) is 3. The van der Waals surface area contributed by atoms with Crippen molar-refractivity contribution in [2.24, 2.45) is 11.7 Å². The molecule has 2 amide bonds. The summed E-state index contributed by atoms with van der Waals surface area (Å²) in [4.78, 5) is 34.1. The van der Waals surface area contributed by atoms with E-state index in [1.807, 2.05) is 23.1 Å². The van der Waals surface area contributed by atoms with Crippen molar-refractivity contribution in [1.29, 1.82) is 5.41 Å². The molecule has 3 fully saturated rings. The molecule has 52 heavy (non-hydrogen) atoms. The summed E-state index contributed by atoms with van der Waals surface area (Å²) in [5, 5.41) is 11.0. The van der Waals surface area contributed by atoms with Gasteiger partial charge in [0, 0.05) is 75.4 Å². The molecule has 1 aliphatic carbocycles. The van der Waals surface area contributed by atoms with Gasteiger partial charge in [0.2, 0.25) is 23.2 Å². The number of rotatable bonds is 15. The number of hydrogen-bond donors (Lipinski definition) is 3. The van der Waals surface area contributed by atoms with Gasteiger partial charge >= 0.3 is 0 Å². The second-order valence-electron chi connectivity index (χ2n) is 13.7. The highest BCUT2D eigenvalue weighted by molar-refractivity contribution is 6.08. The number of piperidine rings is 1. The number of piperazine rings is 1. The number of ether oxygens (including phenoxy) is 6. The van der Waals surface area contributed by atoms with Crippen LogP contribution in [-0.2, 0) is 16.1 Å². The molecule has 1 atom stereocenters. The van der Waals surface area contributed by atoms with E-state index in [0.717, 1.165) is 30.4 Å². The molecule has 3 aliphatic rings. The first-order valence-electron chi connectivity index (χ1n) is 17.8. The largest absolute Gasteiger partial charge is 0.496 e. The predicted molar refractivity (Wildman–Crippen MR) is 199 cm³/mol.